The summed E-state index contributed by atoms with van der Waals surface area (Å²) in [6.07, 6.45) is 2.09. The second kappa shape index (κ2) is 5.07. The maximum Gasteiger partial charge on any atom is 0.124 e. The molecule has 94 valence electrons. The van der Waals surface area contributed by atoms with E-state index in [4.69, 9.17) is 15.2 Å². The summed E-state index contributed by atoms with van der Waals surface area (Å²) in [6, 6.07) is 7.84. The van der Waals surface area contributed by atoms with E-state index in [1.807, 2.05) is 31.2 Å². The summed E-state index contributed by atoms with van der Waals surface area (Å²) in [5, 5.41) is 0. The van der Waals surface area contributed by atoms with Gasteiger partial charge in [0.05, 0.1) is 18.2 Å². The standard InChI is InChI=1S/C14H21NO2/c1-3-16-12-8-5-4-7-11(12)13(15)14(2)9-6-10-17-14/h4-5,7-8,13H,3,6,9-10,15H2,1-2H3. The molecule has 0 aliphatic carbocycles. The van der Waals surface area contributed by atoms with Gasteiger partial charge in [-0.05, 0) is 32.8 Å². The minimum atomic E-state index is -0.257. The van der Waals surface area contributed by atoms with Gasteiger partial charge in [-0.3, -0.25) is 0 Å². The minimum Gasteiger partial charge on any atom is -0.494 e. The normalized spacial score (nSPS) is 25.8. The van der Waals surface area contributed by atoms with E-state index in [1.165, 1.54) is 0 Å². The van der Waals surface area contributed by atoms with E-state index in [2.05, 4.69) is 6.92 Å². The van der Waals surface area contributed by atoms with Gasteiger partial charge in [0.15, 0.2) is 0 Å². The van der Waals surface area contributed by atoms with Crippen molar-refractivity contribution in [1.29, 1.82) is 0 Å². The van der Waals surface area contributed by atoms with Crippen molar-refractivity contribution in [2.24, 2.45) is 5.73 Å². The molecule has 2 rings (SSSR count). The molecule has 1 heterocycles. The first kappa shape index (κ1) is 12.4. The smallest absolute Gasteiger partial charge is 0.124 e. The van der Waals surface area contributed by atoms with Crippen LogP contribution in [0.2, 0.25) is 0 Å². The molecule has 17 heavy (non-hydrogen) atoms. The molecular formula is C14H21NO2. The molecule has 2 atom stereocenters. The molecule has 1 saturated heterocycles. The highest BCUT2D eigenvalue weighted by atomic mass is 16.5. The Morgan fingerprint density at radius 3 is 2.88 bits per heavy atom. The van der Waals surface area contributed by atoms with Gasteiger partial charge in [-0.25, -0.2) is 0 Å². The van der Waals surface area contributed by atoms with Crippen LogP contribution < -0.4 is 10.5 Å². The molecular weight excluding hydrogens is 214 g/mol. The van der Waals surface area contributed by atoms with Crippen LogP contribution >= 0.6 is 0 Å². The van der Waals surface area contributed by atoms with Crippen molar-refractivity contribution in [2.75, 3.05) is 13.2 Å². The van der Waals surface area contributed by atoms with Crippen molar-refractivity contribution in [2.45, 2.75) is 38.3 Å². The van der Waals surface area contributed by atoms with Crippen molar-refractivity contribution in [1.82, 2.24) is 0 Å². The van der Waals surface area contributed by atoms with Crippen LogP contribution in [0.3, 0.4) is 0 Å². The van der Waals surface area contributed by atoms with E-state index in [1.54, 1.807) is 0 Å². The molecule has 0 amide bonds. The second-order valence-corrected chi connectivity index (χ2v) is 4.71. The van der Waals surface area contributed by atoms with Gasteiger partial charge >= 0.3 is 0 Å². The van der Waals surface area contributed by atoms with Gasteiger partial charge in [-0.15, -0.1) is 0 Å². The van der Waals surface area contributed by atoms with Crippen molar-refractivity contribution in [3.8, 4) is 5.75 Å². The number of benzene rings is 1. The molecule has 0 bridgehead atoms. The Bertz CT molecular complexity index is 372. The zero-order chi connectivity index (χ0) is 12.3. The molecule has 1 aromatic carbocycles. The van der Waals surface area contributed by atoms with Crippen LogP contribution in [0.1, 0.15) is 38.3 Å². The highest BCUT2D eigenvalue weighted by molar-refractivity contribution is 5.37. The lowest BCUT2D eigenvalue weighted by Crippen LogP contribution is -2.37. The van der Waals surface area contributed by atoms with Gasteiger partial charge < -0.3 is 15.2 Å². The summed E-state index contributed by atoms with van der Waals surface area (Å²) >= 11 is 0. The second-order valence-electron chi connectivity index (χ2n) is 4.71. The SMILES string of the molecule is CCOc1ccccc1C(N)C1(C)CCCO1. The zero-order valence-electron chi connectivity index (χ0n) is 10.6. The molecule has 1 aliphatic heterocycles. The number of ether oxygens (including phenoxy) is 2. The number of nitrogens with two attached hydrogens (primary N) is 1. The molecule has 0 spiro atoms. The van der Waals surface area contributed by atoms with E-state index in [-0.39, 0.29) is 11.6 Å². The lowest BCUT2D eigenvalue weighted by Gasteiger charge is -2.31. The molecule has 2 N–H and O–H groups in total. The van der Waals surface area contributed by atoms with Crippen molar-refractivity contribution < 1.29 is 9.47 Å². The number of hydrogen-bond donors (Lipinski definition) is 1. The lowest BCUT2D eigenvalue weighted by molar-refractivity contribution is -0.00236. The average molecular weight is 235 g/mol. The molecule has 1 fully saturated rings. The summed E-state index contributed by atoms with van der Waals surface area (Å²) in [7, 11) is 0. The average Bonchev–Trinajstić information content (AvgIpc) is 2.78. The summed E-state index contributed by atoms with van der Waals surface area (Å²) in [5.74, 6) is 0.874. The van der Waals surface area contributed by atoms with Crippen LogP contribution in [0, 0.1) is 0 Å². The Labute approximate surface area is 103 Å². The minimum absolute atomic E-state index is 0.132. The Balaban J connectivity index is 2.26. The van der Waals surface area contributed by atoms with E-state index < -0.39 is 0 Å². The quantitative estimate of drug-likeness (QED) is 0.872. The van der Waals surface area contributed by atoms with Gasteiger partial charge in [0.2, 0.25) is 0 Å². The number of para-hydroxylation sites is 1. The fourth-order valence-corrected chi connectivity index (χ4v) is 2.40. The molecule has 0 aromatic heterocycles. The maximum absolute atomic E-state index is 6.36. The molecule has 1 aliphatic rings. The topological polar surface area (TPSA) is 44.5 Å². The first-order chi connectivity index (χ1) is 8.17. The van der Waals surface area contributed by atoms with E-state index in [0.29, 0.717) is 6.61 Å². The monoisotopic (exact) mass is 235 g/mol. The predicted octanol–water partition coefficient (Wildman–Crippen LogP) is 2.65. The predicted molar refractivity (Wildman–Crippen MR) is 68.1 cm³/mol. The highest BCUT2D eigenvalue weighted by Crippen LogP contribution is 2.38. The van der Waals surface area contributed by atoms with Crippen molar-refractivity contribution in [3.05, 3.63) is 29.8 Å². The zero-order valence-corrected chi connectivity index (χ0v) is 10.6. The third kappa shape index (κ3) is 2.45. The fraction of sp³-hybridized carbons (Fsp3) is 0.571. The molecule has 0 saturated carbocycles. The molecule has 3 heteroatoms. The van der Waals surface area contributed by atoms with E-state index >= 15 is 0 Å². The van der Waals surface area contributed by atoms with Crippen molar-refractivity contribution >= 4 is 0 Å². The number of rotatable bonds is 4. The first-order valence-electron chi connectivity index (χ1n) is 6.28. The van der Waals surface area contributed by atoms with Crippen LogP contribution in [0.5, 0.6) is 5.75 Å². The summed E-state index contributed by atoms with van der Waals surface area (Å²) in [5.41, 5.74) is 7.14. The van der Waals surface area contributed by atoms with Crippen molar-refractivity contribution in [3.63, 3.8) is 0 Å². The molecule has 0 radical (unpaired) electrons. The Morgan fingerprint density at radius 1 is 1.47 bits per heavy atom. The van der Waals surface area contributed by atoms with Gasteiger partial charge in [0.25, 0.3) is 0 Å². The highest BCUT2D eigenvalue weighted by Gasteiger charge is 2.38. The van der Waals surface area contributed by atoms with Gasteiger partial charge in [0.1, 0.15) is 5.75 Å². The van der Waals surface area contributed by atoms with Crippen LogP contribution in [-0.2, 0) is 4.74 Å². The Kier molecular flexibility index (Phi) is 3.69. The van der Waals surface area contributed by atoms with Gasteiger partial charge in [-0.2, -0.15) is 0 Å². The van der Waals surface area contributed by atoms with Crippen LogP contribution in [0.4, 0.5) is 0 Å². The summed E-state index contributed by atoms with van der Waals surface area (Å²) in [6.45, 7) is 5.53. The summed E-state index contributed by atoms with van der Waals surface area (Å²) in [4.78, 5) is 0. The molecule has 2 unspecified atom stereocenters. The van der Waals surface area contributed by atoms with Crippen LogP contribution in [0.25, 0.3) is 0 Å². The van der Waals surface area contributed by atoms with Crippen LogP contribution in [-0.4, -0.2) is 18.8 Å². The lowest BCUT2D eigenvalue weighted by atomic mass is 9.88. The van der Waals surface area contributed by atoms with E-state index in [9.17, 15) is 0 Å². The molecule has 3 nitrogen and oxygen atoms in total. The van der Waals surface area contributed by atoms with Crippen LogP contribution in [0.15, 0.2) is 24.3 Å². The van der Waals surface area contributed by atoms with E-state index in [0.717, 1.165) is 30.8 Å². The fourth-order valence-electron chi connectivity index (χ4n) is 2.40. The Morgan fingerprint density at radius 2 is 2.24 bits per heavy atom. The maximum atomic E-state index is 6.36. The van der Waals surface area contributed by atoms with Gasteiger partial charge in [-0.1, -0.05) is 18.2 Å². The summed E-state index contributed by atoms with van der Waals surface area (Å²) < 4.78 is 11.4. The third-order valence-electron chi connectivity index (χ3n) is 3.46. The number of hydrogen-bond acceptors (Lipinski definition) is 3. The third-order valence-corrected chi connectivity index (χ3v) is 3.46. The first-order valence-corrected chi connectivity index (χ1v) is 6.28. The molecule has 1 aromatic rings. The largest absolute Gasteiger partial charge is 0.494 e. The van der Waals surface area contributed by atoms with Gasteiger partial charge in [0, 0.05) is 12.2 Å². The Hall–Kier alpha value is -1.06.